The van der Waals surface area contributed by atoms with Crippen molar-refractivity contribution in [2.75, 3.05) is 6.54 Å². The predicted molar refractivity (Wildman–Crippen MR) is 63.7 cm³/mol. The molecule has 3 unspecified atom stereocenters. The summed E-state index contributed by atoms with van der Waals surface area (Å²) in [6.45, 7) is 6.88. The van der Waals surface area contributed by atoms with Crippen molar-refractivity contribution in [1.82, 2.24) is 5.32 Å². The van der Waals surface area contributed by atoms with Crippen LogP contribution in [-0.4, -0.2) is 29.3 Å². The van der Waals surface area contributed by atoms with Crippen LogP contribution in [0.1, 0.15) is 46.5 Å². The van der Waals surface area contributed by atoms with Gasteiger partial charge >= 0.3 is 0 Å². The van der Waals surface area contributed by atoms with Gasteiger partial charge < -0.3 is 16.2 Å². The smallest absolute Gasteiger partial charge is 0.0526 e. The molecule has 0 heterocycles. The molecule has 90 valence electrons. The van der Waals surface area contributed by atoms with Crippen LogP contribution >= 0.6 is 0 Å². The molecule has 1 aliphatic rings. The molecule has 3 nitrogen and oxygen atoms in total. The minimum Gasteiger partial charge on any atom is -0.393 e. The highest BCUT2D eigenvalue weighted by atomic mass is 16.3. The summed E-state index contributed by atoms with van der Waals surface area (Å²) >= 11 is 0. The fourth-order valence-electron chi connectivity index (χ4n) is 2.58. The maximum Gasteiger partial charge on any atom is 0.0526 e. The first kappa shape index (κ1) is 12.9. The molecule has 0 spiro atoms. The lowest BCUT2D eigenvalue weighted by atomic mass is 9.88. The third-order valence-corrected chi connectivity index (χ3v) is 3.58. The Morgan fingerprint density at radius 1 is 1.47 bits per heavy atom. The normalized spacial score (nSPS) is 24.6. The third-order valence-electron chi connectivity index (χ3n) is 3.58. The van der Waals surface area contributed by atoms with Gasteiger partial charge in [-0.15, -0.1) is 0 Å². The Balaban J connectivity index is 2.49. The largest absolute Gasteiger partial charge is 0.393 e. The third kappa shape index (κ3) is 3.44. The van der Waals surface area contributed by atoms with Crippen LogP contribution in [-0.2, 0) is 0 Å². The van der Waals surface area contributed by atoms with Crippen LogP contribution in [0.5, 0.6) is 0 Å². The Bertz CT molecular complexity index is 186. The van der Waals surface area contributed by atoms with Crippen molar-refractivity contribution in [2.24, 2.45) is 11.7 Å². The highest BCUT2D eigenvalue weighted by Crippen LogP contribution is 2.41. The summed E-state index contributed by atoms with van der Waals surface area (Å²) in [5, 5.41) is 13.0. The van der Waals surface area contributed by atoms with E-state index in [-0.39, 0.29) is 11.6 Å². The number of nitrogens with two attached hydrogens (primary N) is 1. The minimum absolute atomic E-state index is 0.119. The fraction of sp³-hybridized carbons (Fsp3) is 1.00. The average Bonchev–Trinajstić information content (AvgIpc) is 2.96. The van der Waals surface area contributed by atoms with Crippen LogP contribution in [0.2, 0.25) is 0 Å². The number of nitrogens with one attached hydrogen (secondary N) is 1. The van der Waals surface area contributed by atoms with Gasteiger partial charge in [0.05, 0.1) is 6.10 Å². The monoisotopic (exact) mass is 214 g/mol. The first-order valence-electron chi connectivity index (χ1n) is 6.20. The second kappa shape index (κ2) is 5.28. The molecule has 0 aromatic heterocycles. The van der Waals surface area contributed by atoms with Gasteiger partial charge in [-0.2, -0.15) is 0 Å². The summed E-state index contributed by atoms with van der Waals surface area (Å²) in [5.41, 5.74) is 6.03. The molecule has 15 heavy (non-hydrogen) atoms. The van der Waals surface area contributed by atoms with Crippen LogP contribution in [0.4, 0.5) is 0 Å². The van der Waals surface area contributed by atoms with Crippen molar-refractivity contribution in [3.63, 3.8) is 0 Å². The lowest BCUT2D eigenvalue weighted by Gasteiger charge is -2.36. The van der Waals surface area contributed by atoms with Gasteiger partial charge in [0.2, 0.25) is 0 Å². The average molecular weight is 214 g/mol. The molecule has 0 aliphatic heterocycles. The SMILES string of the molecule is CCC(CN)(NC(C)CC(C)O)C1CC1. The van der Waals surface area contributed by atoms with Crippen molar-refractivity contribution in [3.05, 3.63) is 0 Å². The lowest BCUT2D eigenvalue weighted by molar-refractivity contribution is 0.153. The number of aliphatic hydroxyl groups is 1. The first-order valence-corrected chi connectivity index (χ1v) is 6.20. The van der Waals surface area contributed by atoms with E-state index in [2.05, 4.69) is 19.2 Å². The second-order valence-corrected chi connectivity index (χ2v) is 5.12. The molecule has 0 radical (unpaired) electrons. The van der Waals surface area contributed by atoms with Crippen LogP contribution in [0.25, 0.3) is 0 Å². The minimum atomic E-state index is -0.237. The van der Waals surface area contributed by atoms with E-state index in [4.69, 9.17) is 5.73 Å². The van der Waals surface area contributed by atoms with E-state index >= 15 is 0 Å². The molecule has 4 N–H and O–H groups in total. The Kier molecular flexibility index (Phi) is 4.56. The molecule has 3 atom stereocenters. The van der Waals surface area contributed by atoms with E-state index in [1.165, 1.54) is 12.8 Å². The molecular formula is C12H26N2O. The van der Waals surface area contributed by atoms with E-state index < -0.39 is 0 Å². The molecule has 0 saturated heterocycles. The molecule has 0 bridgehead atoms. The van der Waals surface area contributed by atoms with Crippen molar-refractivity contribution >= 4 is 0 Å². The van der Waals surface area contributed by atoms with Gasteiger partial charge in [0, 0.05) is 18.1 Å². The predicted octanol–water partition coefficient (Wildman–Crippen LogP) is 1.25. The fourth-order valence-corrected chi connectivity index (χ4v) is 2.58. The molecule has 1 aliphatic carbocycles. The van der Waals surface area contributed by atoms with E-state index in [9.17, 15) is 5.11 Å². The highest BCUT2D eigenvalue weighted by molar-refractivity contribution is 5.02. The Labute approximate surface area is 93.4 Å². The Hall–Kier alpha value is -0.120. The lowest BCUT2D eigenvalue weighted by Crippen LogP contribution is -2.56. The van der Waals surface area contributed by atoms with Crippen LogP contribution in [0.3, 0.4) is 0 Å². The molecule has 0 aromatic rings. The topological polar surface area (TPSA) is 58.3 Å². The summed E-state index contributed by atoms with van der Waals surface area (Å²) in [6.07, 6.45) is 4.25. The van der Waals surface area contributed by atoms with E-state index in [1.807, 2.05) is 6.92 Å². The molecular weight excluding hydrogens is 188 g/mol. The quantitative estimate of drug-likeness (QED) is 0.598. The summed E-state index contributed by atoms with van der Waals surface area (Å²) in [6, 6.07) is 0.342. The van der Waals surface area contributed by atoms with Crippen LogP contribution < -0.4 is 11.1 Å². The van der Waals surface area contributed by atoms with Crippen LogP contribution in [0, 0.1) is 5.92 Å². The van der Waals surface area contributed by atoms with Crippen molar-refractivity contribution in [3.8, 4) is 0 Å². The Morgan fingerprint density at radius 2 is 2.07 bits per heavy atom. The van der Waals surface area contributed by atoms with E-state index in [0.717, 1.165) is 18.8 Å². The van der Waals surface area contributed by atoms with Gasteiger partial charge in [0.15, 0.2) is 0 Å². The summed E-state index contributed by atoms with van der Waals surface area (Å²) in [4.78, 5) is 0. The summed E-state index contributed by atoms with van der Waals surface area (Å²) in [5.74, 6) is 0.754. The van der Waals surface area contributed by atoms with Gasteiger partial charge in [-0.25, -0.2) is 0 Å². The van der Waals surface area contributed by atoms with Gasteiger partial charge in [0.25, 0.3) is 0 Å². The zero-order valence-electron chi connectivity index (χ0n) is 10.3. The number of rotatable bonds is 7. The van der Waals surface area contributed by atoms with Crippen molar-refractivity contribution in [1.29, 1.82) is 0 Å². The highest BCUT2D eigenvalue weighted by Gasteiger charge is 2.43. The van der Waals surface area contributed by atoms with Gasteiger partial charge in [-0.3, -0.25) is 0 Å². The summed E-state index contributed by atoms with van der Waals surface area (Å²) < 4.78 is 0. The maximum atomic E-state index is 9.35. The second-order valence-electron chi connectivity index (χ2n) is 5.12. The molecule has 1 saturated carbocycles. The molecule has 1 rings (SSSR count). The number of aliphatic hydroxyl groups excluding tert-OH is 1. The number of hydrogen-bond acceptors (Lipinski definition) is 3. The Morgan fingerprint density at radius 3 is 2.40 bits per heavy atom. The van der Waals surface area contributed by atoms with E-state index in [0.29, 0.717) is 12.6 Å². The molecule has 0 amide bonds. The zero-order chi connectivity index (χ0) is 11.5. The zero-order valence-corrected chi connectivity index (χ0v) is 10.3. The van der Waals surface area contributed by atoms with Gasteiger partial charge in [-0.05, 0) is 45.4 Å². The van der Waals surface area contributed by atoms with Crippen LogP contribution in [0.15, 0.2) is 0 Å². The van der Waals surface area contributed by atoms with Crippen molar-refractivity contribution < 1.29 is 5.11 Å². The van der Waals surface area contributed by atoms with Gasteiger partial charge in [-0.1, -0.05) is 6.92 Å². The maximum absolute atomic E-state index is 9.35. The molecule has 1 fully saturated rings. The van der Waals surface area contributed by atoms with Gasteiger partial charge in [0.1, 0.15) is 0 Å². The molecule has 0 aromatic carbocycles. The molecule has 3 heteroatoms. The number of hydrogen-bond donors (Lipinski definition) is 3. The van der Waals surface area contributed by atoms with Crippen molar-refractivity contribution in [2.45, 2.75) is 64.1 Å². The summed E-state index contributed by atoms with van der Waals surface area (Å²) in [7, 11) is 0. The van der Waals surface area contributed by atoms with E-state index in [1.54, 1.807) is 0 Å². The first-order chi connectivity index (χ1) is 7.04. The standard InChI is InChI=1S/C12H26N2O/c1-4-12(8-13,11-5-6-11)14-9(2)7-10(3)15/h9-11,14-15H,4-8,13H2,1-3H3.